The van der Waals surface area contributed by atoms with Gasteiger partial charge in [-0.3, -0.25) is 9.36 Å². The Kier molecular flexibility index (Phi) is 5.56. The van der Waals surface area contributed by atoms with E-state index in [9.17, 15) is 14.7 Å². The van der Waals surface area contributed by atoms with Gasteiger partial charge in [-0.25, -0.2) is 9.78 Å². The van der Waals surface area contributed by atoms with Crippen LogP contribution in [0, 0.1) is 24.7 Å². The number of H-pyrrole nitrogens is 1. The summed E-state index contributed by atoms with van der Waals surface area (Å²) in [5, 5.41) is 19.5. The Morgan fingerprint density at radius 2 is 2.23 bits per heavy atom. The molecule has 2 aliphatic carbocycles. The van der Waals surface area contributed by atoms with Gasteiger partial charge in [0, 0.05) is 6.04 Å². The van der Waals surface area contributed by atoms with E-state index in [1.165, 1.54) is 37.4 Å². The highest BCUT2D eigenvalue weighted by molar-refractivity contribution is 7.98. The lowest BCUT2D eigenvalue weighted by molar-refractivity contribution is 0.0701. The number of thioether (sulfide) groups is 1. The number of aromatic nitrogens is 5. The second kappa shape index (κ2) is 8.63. The molecule has 35 heavy (non-hydrogen) atoms. The zero-order valence-corrected chi connectivity index (χ0v) is 21.0. The monoisotopic (exact) mass is 511 g/mol. The minimum Gasteiger partial charge on any atom is -0.477 e. The third-order valence-electron chi connectivity index (χ3n) is 7.61. The van der Waals surface area contributed by atoms with E-state index in [-0.39, 0.29) is 16.5 Å². The van der Waals surface area contributed by atoms with Crippen LogP contribution in [0.5, 0.6) is 0 Å². The highest BCUT2D eigenvalue weighted by Crippen LogP contribution is 2.53. The number of furan rings is 1. The van der Waals surface area contributed by atoms with Crippen molar-refractivity contribution in [2.24, 2.45) is 17.8 Å². The Morgan fingerprint density at radius 1 is 1.37 bits per heavy atom. The quantitative estimate of drug-likeness (QED) is 0.327. The summed E-state index contributed by atoms with van der Waals surface area (Å²) in [5.74, 6) is 3.36. The zero-order chi connectivity index (χ0) is 24.3. The number of hydrogen-bond donors (Lipinski definition) is 2. The SMILES string of the molecule is Cc1c(C(=O)O)sc2nc(CSc3nnc(-c4ccco4)n3[C@@H](C)[C@@H]3C[C@H]4CC[C@H]3C4)[nH]c(=O)c12. The van der Waals surface area contributed by atoms with Crippen molar-refractivity contribution in [2.75, 3.05) is 0 Å². The predicted octanol–water partition coefficient (Wildman–Crippen LogP) is 5.13. The maximum absolute atomic E-state index is 12.7. The first-order valence-corrected chi connectivity index (χ1v) is 13.6. The van der Waals surface area contributed by atoms with Crippen molar-refractivity contribution >= 4 is 39.3 Å². The lowest BCUT2D eigenvalue weighted by Gasteiger charge is -2.30. The summed E-state index contributed by atoms with van der Waals surface area (Å²) in [4.78, 5) is 32.2. The number of hydrogen-bond acceptors (Lipinski definition) is 8. The van der Waals surface area contributed by atoms with Crippen molar-refractivity contribution in [3.05, 3.63) is 45.0 Å². The average molecular weight is 512 g/mol. The summed E-state index contributed by atoms with van der Waals surface area (Å²) in [6.45, 7) is 3.89. The molecule has 2 saturated carbocycles. The highest BCUT2D eigenvalue weighted by atomic mass is 32.2. The molecule has 0 aromatic carbocycles. The molecule has 0 amide bonds. The summed E-state index contributed by atoms with van der Waals surface area (Å²) < 4.78 is 7.85. The number of carboxylic acid groups (broad SMARTS) is 1. The number of fused-ring (bicyclic) bond motifs is 3. The van der Waals surface area contributed by atoms with Crippen LogP contribution in [0.3, 0.4) is 0 Å². The second-order valence-electron chi connectivity index (χ2n) is 9.58. The first-order valence-electron chi connectivity index (χ1n) is 11.8. The number of aromatic carboxylic acids is 1. The molecule has 4 heterocycles. The van der Waals surface area contributed by atoms with Gasteiger partial charge in [0.25, 0.3) is 5.56 Å². The molecule has 4 aromatic heterocycles. The van der Waals surface area contributed by atoms with Crippen LogP contribution in [0.25, 0.3) is 21.8 Å². The van der Waals surface area contributed by atoms with Crippen molar-refractivity contribution < 1.29 is 14.3 Å². The van der Waals surface area contributed by atoms with Gasteiger partial charge in [-0.2, -0.15) is 0 Å². The Labute approximate surface area is 209 Å². The molecule has 6 rings (SSSR count). The van der Waals surface area contributed by atoms with Crippen LogP contribution < -0.4 is 5.56 Å². The van der Waals surface area contributed by atoms with Gasteiger partial charge >= 0.3 is 5.97 Å². The minimum atomic E-state index is -1.05. The number of nitrogens with zero attached hydrogens (tertiary/aromatic N) is 4. The van der Waals surface area contributed by atoms with E-state index < -0.39 is 5.97 Å². The molecule has 2 bridgehead atoms. The molecule has 2 N–H and O–H groups in total. The van der Waals surface area contributed by atoms with Crippen LogP contribution in [-0.4, -0.2) is 35.8 Å². The highest BCUT2D eigenvalue weighted by Gasteiger charge is 2.43. The fraction of sp³-hybridized carbons (Fsp3) is 0.458. The maximum Gasteiger partial charge on any atom is 0.346 e. The molecule has 4 atom stereocenters. The van der Waals surface area contributed by atoms with E-state index in [1.807, 2.05) is 12.1 Å². The second-order valence-corrected chi connectivity index (χ2v) is 11.5. The molecule has 4 aromatic rings. The fourth-order valence-corrected chi connectivity index (χ4v) is 7.92. The molecule has 0 unspecified atom stereocenters. The lowest BCUT2D eigenvalue weighted by Crippen LogP contribution is -2.23. The van der Waals surface area contributed by atoms with Crippen LogP contribution in [0.1, 0.15) is 59.7 Å². The first kappa shape index (κ1) is 22.5. The van der Waals surface area contributed by atoms with Gasteiger partial charge < -0.3 is 14.5 Å². The van der Waals surface area contributed by atoms with Gasteiger partial charge in [-0.05, 0) is 68.6 Å². The topological polar surface area (TPSA) is 127 Å². The van der Waals surface area contributed by atoms with E-state index in [0.717, 1.165) is 28.3 Å². The molecule has 11 heteroatoms. The van der Waals surface area contributed by atoms with E-state index in [2.05, 4.69) is 31.7 Å². The molecule has 9 nitrogen and oxygen atoms in total. The number of carboxylic acids is 1. The van der Waals surface area contributed by atoms with Crippen LogP contribution in [0.4, 0.5) is 0 Å². The van der Waals surface area contributed by atoms with Crippen LogP contribution >= 0.6 is 23.1 Å². The van der Waals surface area contributed by atoms with Crippen molar-refractivity contribution in [3.8, 4) is 11.6 Å². The van der Waals surface area contributed by atoms with E-state index in [1.54, 1.807) is 13.2 Å². The lowest BCUT2D eigenvalue weighted by atomic mass is 9.84. The number of carbonyl (C=O) groups is 1. The van der Waals surface area contributed by atoms with Crippen molar-refractivity contribution in [2.45, 2.75) is 56.5 Å². The Morgan fingerprint density at radius 3 is 2.91 bits per heavy atom. The molecule has 0 radical (unpaired) electrons. The number of nitrogens with one attached hydrogen (secondary N) is 1. The normalized spacial score (nSPS) is 22.3. The maximum atomic E-state index is 12.7. The van der Waals surface area contributed by atoms with Gasteiger partial charge in [-0.15, -0.1) is 21.5 Å². The molecule has 2 fully saturated rings. The Balaban J connectivity index is 1.32. The third kappa shape index (κ3) is 3.81. The van der Waals surface area contributed by atoms with Gasteiger partial charge in [-0.1, -0.05) is 18.2 Å². The van der Waals surface area contributed by atoms with E-state index in [0.29, 0.717) is 44.9 Å². The van der Waals surface area contributed by atoms with Crippen molar-refractivity contribution in [1.29, 1.82) is 0 Å². The Hall–Kier alpha value is -2.92. The fourth-order valence-electron chi connectivity index (χ4n) is 5.99. The summed E-state index contributed by atoms with van der Waals surface area (Å²) in [7, 11) is 0. The van der Waals surface area contributed by atoms with Crippen molar-refractivity contribution in [1.82, 2.24) is 24.7 Å². The molecule has 2 aliphatic rings. The van der Waals surface area contributed by atoms with Gasteiger partial charge in [0.15, 0.2) is 10.9 Å². The summed E-state index contributed by atoms with van der Waals surface area (Å²) in [6.07, 6.45) is 6.84. The van der Waals surface area contributed by atoms with E-state index >= 15 is 0 Å². The largest absolute Gasteiger partial charge is 0.477 e. The van der Waals surface area contributed by atoms with E-state index in [4.69, 9.17) is 4.42 Å². The third-order valence-corrected chi connectivity index (χ3v) is 9.74. The number of thiophene rings is 1. The molecule has 0 spiro atoms. The molecular weight excluding hydrogens is 486 g/mol. The first-order chi connectivity index (χ1) is 16.9. The molecule has 182 valence electrons. The smallest absolute Gasteiger partial charge is 0.346 e. The Bertz CT molecular complexity index is 1470. The molecular formula is C24H25N5O4S2. The van der Waals surface area contributed by atoms with Gasteiger partial charge in [0.2, 0.25) is 5.82 Å². The predicted molar refractivity (Wildman–Crippen MR) is 133 cm³/mol. The number of aryl methyl sites for hydroxylation is 1. The summed E-state index contributed by atoms with van der Waals surface area (Å²) >= 11 is 2.49. The van der Waals surface area contributed by atoms with Crippen LogP contribution in [0.2, 0.25) is 0 Å². The standard InChI is InChI=1S/C24H25N5O4S2/c1-11-18-21(30)25-17(26-22(18)35-19(11)23(31)32)10-34-24-28-27-20(16-4-3-7-33-16)29(24)12(2)15-9-13-5-6-14(15)8-13/h3-4,7,12-15H,5-6,8-10H2,1-2H3,(H,31,32)(H,25,26,30)/t12-,13-,14-,15-/m0/s1. The molecule has 0 saturated heterocycles. The zero-order valence-electron chi connectivity index (χ0n) is 19.4. The molecule has 0 aliphatic heterocycles. The van der Waals surface area contributed by atoms with Crippen LogP contribution in [0.15, 0.2) is 32.8 Å². The van der Waals surface area contributed by atoms with Gasteiger partial charge in [0.1, 0.15) is 15.5 Å². The number of aromatic amines is 1. The van der Waals surface area contributed by atoms with Crippen molar-refractivity contribution in [3.63, 3.8) is 0 Å². The summed E-state index contributed by atoms with van der Waals surface area (Å²) in [5.41, 5.74) is 0.132. The number of rotatable bonds is 7. The van der Waals surface area contributed by atoms with Crippen LogP contribution in [-0.2, 0) is 5.75 Å². The average Bonchev–Trinajstić information content (AvgIpc) is 3.65. The minimum absolute atomic E-state index is 0.144. The summed E-state index contributed by atoms with van der Waals surface area (Å²) in [6, 6.07) is 3.96. The van der Waals surface area contributed by atoms with Gasteiger partial charge in [0.05, 0.1) is 17.4 Å².